The van der Waals surface area contributed by atoms with Gasteiger partial charge >= 0.3 is 6.18 Å². The smallest absolute Gasteiger partial charge is 0.366 e. The van der Waals surface area contributed by atoms with Crippen LogP contribution in [0.3, 0.4) is 0 Å². The van der Waals surface area contributed by atoms with E-state index in [1.54, 1.807) is 13.8 Å². The first-order chi connectivity index (χ1) is 13.2. The number of nitrogens with one attached hydrogen (secondary N) is 1. The Hall–Kier alpha value is -2.47. The Morgan fingerprint density at radius 2 is 1.83 bits per heavy atom. The molecule has 1 aromatic heterocycles. The number of primary amides is 1. The first-order valence-electron chi connectivity index (χ1n) is 8.08. The van der Waals surface area contributed by atoms with Crippen LogP contribution in [0.1, 0.15) is 36.2 Å². The van der Waals surface area contributed by atoms with Crippen molar-refractivity contribution in [2.75, 3.05) is 5.32 Å². The van der Waals surface area contributed by atoms with E-state index in [0.717, 1.165) is 6.07 Å². The van der Waals surface area contributed by atoms with Crippen LogP contribution < -0.4 is 11.1 Å². The van der Waals surface area contributed by atoms with E-state index in [2.05, 4.69) is 5.32 Å². The van der Waals surface area contributed by atoms with Crippen LogP contribution in [0.2, 0.25) is 0 Å². The number of alkyl halides is 3. The number of benzene rings is 1. The Balaban J connectivity index is 2.59. The van der Waals surface area contributed by atoms with Gasteiger partial charge < -0.3 is 11.1 Å². The quantitative estimate of drug-likeness (QED) is 0.513. The van der Waals surface area contributed by atoms with Crippen molar-refractivity contribution in [3.05, 3.63) is 41.2 Å². The molecule has 2 rings (SSSR count). The molecule has 0 aliphatic carbocycles. The maximum absolute atomic E-state index is 13.3. The zero-order valence-electron chi connectivity index (χ0n) is 15.1. The number of carbonyl (C=O) groups is 2. The highest BCUT2D eigenvalue weighted by Crippen LogP contribution is 2.40. The average molecular weight is 452 g/mol. The monoisotopic (exact) mass is 452 g/mol. The molecule has 0 radical (unpaired) electrons. The van der Waals surface area contributed by atoms with Gasteiger partial charge in [0.25, 0.3) is 5.91 Å². The summed E-state index contributed by atoms with van der Waals surface area (Å²) in [5, 5.41) is 2.16. The van der Waals surface area contributed by atoms with Gasteiger partial charge in [-0.15, -0.1) is 11.3 Å². The summed E-state index contributed by atoms with van der Waals surface area (Å²) in [6, 6.07) is 1.93. The predicted molar refractivity (Wildman–Crippen MR) is 97.8 cm³/mol. The molecule has 3 N–H and O–H groups in total. The molecule has 0 spiro atoms. The fourth-order valence-electron chi connectivity index (χ4n) is 2.39. The molecule has 1 aromatic carbocycles. The van der Waals surface area contributed by atoms with Gasteiger partial charge in [0, 0.05) is 6.42 Å². The lowest BCUT2D eigenvalue weighted by atomic mass is 10.1. The summed E-state index contributed by atoms with van der Waals surface area (Å²) in [4.78, 5) is 22.4. The highest BCUT2D eigenvalue weighted by molar-refractivity contribution is 7.93. The van der Waals surface area contributed by atoms with Crippen LogP contribution in [0.15, 0.2) is 33.4 Å². The summed E-state index contributed by atoms with van der Waals surface area (Å²) in [6.45, 7) is 3.51. The van der Waals surface area contributed by atoms with Gasteiger partial charge in [-0.25, -0.2) is 12.8 Å². The van der Waals surface area contributed by atoms with Gasteiger partial charge in [0.15, 0.2) is 0 Å². The molecule has 1 heterocycles. The molecule has 158 valence electrons. The van der Waals surface area contributed by atoms with E-state index < -0.39 is 48.3 Å². The number of amides is 2. The minimum atomic E-state index is -5.14. The molecule has 0 bridgehead atoms. The molecule has 0 aliphatic rings. The lowest BCUT2D eigenvalue weighted by molar-refractivity contribution is -0.140. The first-order valence-corrected chi connectivity index (χ1v) is 10.4. The van der Waals surface area contributed by atoms with Crippen LogP contribution in [0.5, 0.6) is 0 Å². The second-order valence-corrected chi connectivity index (χ2v) is 9.66. The molecule has 29 heavy (non-hydrogen) atoms. The van der Waals surface area contributed by atoms with Gasteiger partial charge in [0.1, 0.15) is 15.0 Å². The lowest BCUT2D eigenvalue weighted by Crippen LogP contribution is -2.17. The standard InChI is InChI=1S/C17H16F4N2O4S2/c1-8(2)5-13(24)23-16-10(15(22)25)7-14(28-16)29(26,27)12-4-3-9(18)6-11(12)17(19,20)21/h3-4,6-8H,5H2,1-2H3,(H2,22,25)(H,23,24). The number of anilines is 1. The summed E-state index contributed by atoms with van der Waals surface area (Å²) in [6.07, 6.45) is -5.07. The Morgan fingerprint density at radius 1 is 1.21 bits per heavy atom. The van der Waals surface area contributed by atoms with Crippen LogP contribution in [0, 0.1) is 11.7 Å². The highest BCUT2D eigenvalue weighted by Gasteiger charge is 2.39. The van der Waals surface area contributed by atoms with Crippen molar-refractivity contribution in [2.24, 2.45) is 11.7 Å². The number of nitrogens with two attached hydrogens (primary N) is 1. The molecular weight excluding hydrogens is 436 g/mol. The molecule has 0 saturated carbocycles. The van der Waals surface area contributed by atoms with Crippen molar-refractivity contribution >= 4 is 38.0 Å². The van der Waals surface area contributed by atoms with Gasteiger partial charge in [-0.1, -0.05) is 13.8 Å². The third-order valence-electron chi connectivity index (χ3n) is 3.62. The molecule has 0 fully saturated rings. The molecule has 0 aliphatic heterocycles. The fourth-order valence-corrected chi connectivity index (χ4v) is 5.36. The zero-order valence-corrected chi connectivity index (χ0v) is 16.8. The van der Waals surface area contributed by atoms with Crippen molar-refractivity contribution in [3.8, 4) is 0 Å². The second kappa shape index (κ2) is 8.11. The maximum atomic E-state index is 13.3. The Bertz CT molecular complexity index is 1060. The lowest BCUT2D eigenvalue weighted by Gasteiger charge is -2.12. The average Bonchev–Trinajstić information content (AvgIpc) is 2.97. The number of hydrogen-bond acceptors (Lipinski definition) is 5. The molecular formula is C17H16F4N2O4S2. The fraction of sp³-hybridized carbons (Fsp3) is 0.294. The summed E-state index contributed by atoms with van der Waals surface area (Å²) < 4.78 is 77.9. The summed E-state index contributed by atoms with van der Waals surface area (Å²) in [7, 11) is -4.79. The van der Waals surface area contributed by atoms with Crippen LogP contribution >= 0.6 is 11.3 Å². The normalized spacial score (nSPS) is 12.2. The third-order valence-corrected chi connectivity index (χ3v) is 6.96. The van der Waals surface area contributed by atoms with E-state index in [9.17, 15) is 35.6 Å². The highest BCUT2D eigenvalue weighted by atomic mass is 32.2. The third kappa shape index (κ3) is 5.12. The number of rotatable bonds is 6. The minimum absolute atomic E-state index is 0.0382. The van der Waals surface area contributed by atoms with Gasteiger partial charge in [-0.05, 0) is 30.2 Å². The predicted octanol–water partition coefficient (Wildman–Crippen LogP) is 3.82. The molecule has 0 atom stereocenters. The van der Waals surface area contributed by atoms with Crippen molar-refractivity contribution < 1.29 is 35.6 Å². The molecule has 2 aromatic rings. The summed E-state index contributed by atoms with van der Waals surface area (Å²) in [5.41, 5.74) is 3.15. The summed E-state index contributed by atoms with van der Waals surface area (Å²) >= 11 is 0.387. The van der Waals surface area contributed by atoms with Gasteiger partial charge in [0.2, 0.25) is 15.7 Å². The van der Waals surface area contributed by atoms with E-state index in [1.807, 2.05) is 0 Å². The Labute approximate surface area is 167 Å². The van der Waals surface area contributed by atoms with E-state index >= 15 is 0 Å². The van der Waals surface area contributed by atoms with E-state index in [0.29, 0.717) is 23.5 Å². The van der Waals surface area contributed by atoms with Crippen LogP contribution in [0.4, 0.5) is 22.6 Å². The molecule has 0 unspecified atom stereocenters. The molecule has 0 saturated heterocycles. The van der Waals surface area contributed by atoms with Crippen LogP contribution in [0.25, 0.3) is 0 Å². The van der Waals surface area contributed by atoms with E-state index in [-0.39, 0.29) is 29.0 Å². The SMILES string of the molecule is CC(C)CC(=O)Nc1sc(S(=O)(=O)c2ccc(F)cc2C(F)(F)F)cc1C(N)=O. The van der Waals surface area contributed by atoms with Crippen molar-refractivity contribution in [1.29, 1.82) is 0 Å². The zero-order chi connectivity index (χ0) is 22.1. The van der Waals surface area contributed by atoms with Gasteiger partial charge in [-0.2, -0.15) is 13.2 Å². The first kappa shape index (κ1) is 22.8. The van der Waals surface area contributed by atoms with Crippen LogP contribution in [-0.4, -0.2) is 20.2 Å². The van der Waals surface area contributed by atoms with Crippen molar-refractivity contribution in [3.63, 3.8) is 0 Å². The van der Waals surface area contributed by atoms with E-state index in [1.165, 1.54) is 0 Å². The number of hydrogen-bond donors (Lipinski definition) is 2. The Kier molecular flexibility index (Phi) is 6.38. The summed E-state index contributed by atoms with van der Waals surface area (Å²) in [5.74, 6) is -2.89. The number of thiophene rings is 1. The second-order valence-electron chi connectivity index (χ2n) is 6.46. The number of sulfone groups is 1. The number of halogens is 4. The Morgan fingerprint density at radius 3 is 2.34 bits per heavy atom. The molecule has 6 nitrogen and oxygen atoms in total. The molecule has 12 heteroatoms. The molecule has 2 amide bonds. The largest absolute Gasteiger partial charge is 0.417 e. The van der Waals surface area contributed by atoms with Crippen molar-refractivity contribution in [2.45, 2.75) is 35.5 Å². The van der Waals surface area contributed by atoms with Gasteiger partial charge in [0.05, 0.1) is 16.0 Å². The number of carbonyl (C=O) groups excluding carboxylic acids is 2. The maximum Gasteiger partial charge on any atom is 0.417 e. The topological polar surface area (TPSA) is 106 Å². The minimum Gasteiger partial charge on any atom is -0.366 e. The van der Waals surface area contributed by atoms with E-state index in [4.69, 9.17) is 5.73 Å². The van der Waals surface area contributed by atoms with Crippen LogP contribution in [-0.2, 0) is 20.8 Å². The van der Waals surface area contributed by atoms with Gasteiger partial charge in [-0.3, -0.25) is 9.59 Å². The van der Waals surface area contributed by atoms with Crippen molar-refractivity contribution in [1.82, 2.24) is 0 Å².